The Labute approximate surface area is 143 Å². The largest absolute Gasteiger partial charge is 0.328 e. The molecule has 1 radical (unpaired) electrons. The zero-order valence-electron chi connectivity index (χ0n) is 12.7. The minimum atomic E-state index is 0. The predicted octanol–water partition coefficient (Wildman–Crippen LogP) is 6.28. The molecule has 0 N–H and O–H groups in total. The molecule has 0 aromatic carbocycles. The van der Waals surface area contributed by atoms with Crippen LogP contribution in [0.1, 0.15) is 75.0 Å². The molecule has 0 aromatic heterocycles. The molecular formula is C17H35Y-. The van der Waals surface area contributed by atoms with Gasteiger partial charge in [-0.25, -0.2) is 0 Å². The van der Waals surface area contributed by atoms with E-state index in [1.165, 1.54) is 51.4 Å². The zero-order valence-corrected chi connectivity index (χ0v) is 15.5. The van der Waals surface area contributed by atoms with Crippen LogP contribution in [0.3, 0.4) is 0 Å². The molecule has 0 aromatic rings. The Bertz CT molecular complexity index is 205. The van der Waals surface area contributed by atoms with Gasteiger partial charge >= 0.3 is 0 Å². The minimum absolute atomic E-state index is 0. The second-order valence-corrected chi connectivity index (χ2v) is 5.40. The quantitative estimate of drug-likeness (QED) is 0.413. The molecule has 0 heterocycles. The second kappa shape index (κ2) is 11.7. The van der Waals surface area contributed by atoms with Crippen LogP contribution < -0.4 is 0 Å². The van der Waals surface area contributed by atoms with Crippen molar-refractivity contribution in [3.63, 3.8) is 0 Å². The summed E-state index contributed by atoms with van der Waals surface area (Å²) >= 11 is 0. The Kier molecular flexibility index (Phi) is 12.2. The van der Waals surface area contributed by atoms with E-state index in [9.17, 15) is 0 Å². The molecule has 0 saturated heterocycles. The van der Waals surface area contributed by atoms with E-state index in [2.05, 4.69) is 25.5 Å². The van der Waals surface area contributed by atoms with E-state index in [1.807, 2.05) is 13.8 Å². The molecule has 1 heteroatoms. The summed E-state index contributed by atoms with van der Waals surface area (Å²) in [6.45, 7) is 6.16. The maximum atomic E-state index is 2.49. The molecule has 2 aliphatic carbocycles. The molecule has 18 heavy (non-hydrogen) atoms. The molecule has 0 aliphatic heterocycles. The van der Waals surface area contributed by atoms with Gasteiger partial charge in [-0.05, 0) is 50.4 Å². The normalized spacial score (nSPS) is 29.3. The van der Waals surface area contributed by atoms with E-state index in [4.69, 9.17) is 0 Å². The third-order valence-corrected chi connectivity index (χ3v) is 4.43. The van der Waals surface area contributed by atoms with Crippen LogP contribution in [-0.4, -0.2) is 0 Å². The van der Waals surface area contributed by atoms with Crippen LogP contribution in [0.25, 0.3) is 0 Å². The second-order valence-electron chi connectivity index (χ2n) is 5.40. The number of allylic oxidation sites excluding steroid dienone is 2. The molecular weight excluding hydrogens is 293 g/mol. The Hall–Kier alpha value is 0.844. The zero-order chi connectivity index (χ0) is 12.5. The molecule has 0 atom stereocenters. The maximum Gasteiger partial charge on any atom is 0 e. The van der Waals surface area contributed by atoms with Crippen molar-refractivity contribution in [1.29, 1.82) is 0 Å². The van der Waals surface area contributed by atoms with Crippen LogP contribution in [0.5, 0.6) is 0 Å². The summed E-state index contributed by atoms with van der Waals surface area (Å²) in [5.74, 6) is 3.04. The van der Waals surface area contributed by atoms with Gasteiger partial charge in [0.2, 0.25) is 0 Å². The van der Waals surface area contributed by atoms with Crippen molar-refractivity contribution < 1.29 is 35.6 Å². The van der Waals surface area contributed by atoms with Gasteiger partial charge in [-0.15, -0.1) is 0 Å². The van der Waals surface area contributed by atoms with E-state index in [0.29, 0.717) is 0 Å². The monoisotopic (exact) mass is 328 g/mol. The summed E-state index contributed by atoms with van der Waals surface area (Å²) in [5, 5.41) is 0. The van der Waals surface area contributed by atoms with Crippen molar-refractivity contribution in [2.45, 2.75) is 72.1 Å². The SMILES string of the molecule is C/C=C/C1CCC(C2CC[CH-]CC2)CC1.CC.[HH].[HH].[Y]. The van der Waals surface area contributed by atoms with E-state index in [-0.39, 0.29) is 35.6 Å². The van der Waals surface area contributed by atoms with E-state index < -0.39 is 0 Å². The molecule has 0 unspecified atom stereocenters. The standard InChI is InChI=1S/C15H25.C2H6.Y.2H2/c1-2-6-13-9-11-15(12-10-13)14-7-4-3-5-8-14;1-2;;;/h2-3,6,13-15H,4-5,7-12H2,1H3;1-2H3;;2*1H/q-1;;;;/b6-2+;;;;. The first-order chi connectivity index (χ1) is 8.40. The summed E-state index contributed by atoms with van der Waals surface area (Å²) in [6, 6.07) is 0. The topological polar surface area (TPSA) is 0 Å². The molecule has 107 valence electrons. The molecule has 2 rings (SSSR count). The van der Waals surface area contributed by atoms with Gasteiger partial charge in [-0.2, -0.15) is 12.8 Å². The Morgan fingerprint density at radius 3 is 1.89 bits per heavy atom. The molecule has 0 amide bonds. The van der Waals surface area contributed by atoms with Crippen LogP contribution in [0.4, 0.5) is 0 Å². The van der Waals surface area contributed by atoms with E-state index >= 15 is 0 Å². The van der Waals surface area contributed by atoms with E-state index in [1.54, 1.807) is 0 Å². The summed E-state index contributed by atoms with van der Waals surface area (Å²) in [6.07, 6.45) is 18.8. The number of hydrogen-bond donors (Lipinski definition) is 0. The van der Waals surface area contributed by atoms with Gasteiger partial charge in [0.1, 0.15) is 0 Å². The van der Waals surface area contributed by atoms with E-state index in [0.717, 1.165) is 17.8 Å². The number of rotatable bonds is 2. The average molecular weight is 328 g/mol. The third-order valence-electron chi connectivity index (χ3n) is 4.43. The summed E-state index contributed by atoms with van der Waals surface area (Å²) < 4.78 is 0. The Morgan fingerprint density at radius 1 is 0.889 bits per heavy atom. The third kappa shape index (κ3) is 6.33. The molecule has 0 spiro atoms. The smallest absolute Gasteiger partial charge is 0 e. The first kappa shape index (κ1) is 18.8. The summed E-state index contributed by atoms with van der Waals surface area (Å²) in [5.41, 5.74) is 0. The molecule has 2 saturated carbocycles. The molecule has 0 nitrogen and oxygen atoms in total. The predicted molar refractivity (Wildman–Crippen MR) is 82.1 cm³/mol. The fraction of sp³-hybridized carbons (Fsp3) is 0.824. The first-order valence-corrected chi connectivity index (χ1v) is 7.84. The summed E-state index contributed by atoms with van der Waals surface area (Å²) in [7, 11) is 0. The van der Waals surface area contributed by atoms with Crippen LogP contribution in [0.2, 0.25) is 0 Å². The van der Waals surface area contributed by atoms with Gasteiger partial charge in [0.15, 0.2) is 0 Å². The van der Waals surface area contributed by atoms with Crippen molar-refractivity contribution in [3.8, 4) is 0 Å². The van der Waals surface area contributed by atoms with Crippen molar-refractivity contribution in [1.82, 2.24) is 0 Å². The van der Waals surface area contributed by atoms with Crippen molar-refractivity contribution in [3.05, 3.63) is 18.6 Å². The van der Waals surface area contributed by atoms with Gasteiger partial charge in [-0.1, -0.05) is 38.8 Å². The van der Waals surface area contributed by atoms with Crippen molar-refractivity contribution >= 4 is 0 Å². The van der Waals surface area contributed by atoms with Crippen molar-refractivity contribution in [2.24, 2.45) is 17.8 Å². The van der Waals surface area contributed by atoms with Gasteiger partial charge in [-0.3, -0.25) is 0 Å². The fourth-order valence-electron chi connectivity index (χ4n) is 3.50. The van der Waals surface area contributed by atoms with Gasteiger partial charge < -0.3 is 6.42 Å². The Morgan fingerprint density at radius 2 is 1.39 bits per heavy atom. The van der Waals surface area contributed by atoms with Gasteiger partial charge in [0.25, 0.3) is 0 Å². The summed E-state index contributed by atoms with van der Waals surface area (Å²) in [4.78, 5) is 0. The average Bonchev–Trinajstić information content (AvgIpc) is 2.43. The molecule has 0 bridgehead atoms. The maximum absolute atomic E-state index is 2.49. The molecule has 2 aliphatic rings. The van der Waals surface area contributed by atoms with Gasteiger partial charge in [0, 0.05) is 35.6 Å². The molecule has 2 fully saturated rings. The van der Waals surface area contributed by atoms with Crippen LogP contribution in [0, 0.1) is 24.2 Å². The Balaban J connectivity index is -0.000000553. The minimum Gasteiger partial charge on any atom is -0.328 e. The fourth-order valence-corrected chi connectivity index (χ4v) is 3.50. The van der Waals surface area contributed by atoms with Crippen molar-refractivity contribution in [2.75, 3.05) is 0 Å². The van der Waals surface area contributed by atoms with Crippen LogP contribution in [-0.2, 0) is 32.7 Å². The van der Waals surface area contributed by atoms with Gasteiger partial charge in [0.05, 0.1) is 0 Å². The first-order valence-electron chi connectivity index (χ1n) is 7.84. The van der Waals surface area contributed by atoms with Crippen LogP contribution >= 0.6 is 0 Å². The number of hydrogen-bond acceptors (Lipinski definition) is 0. The van der Waals surface area contributed by atoms with Crippen LogP contribution in [0.15, 0.2) is 12.2 Å².